The molecule has 0 aliphatic carbocycles. The molecule has 0 fully saturated rings. The summed E-state index contributed by atoms with van der Waals surface area (Å²) in [4.78, 5) is 0. The fraction of sp³-hybridized carbons (Fsp3) is 0. The molecule has 0 heterocycles. The monoisotopic (exact) mass is 135 g/mol. The van der Waals surface area contributed by atoms with E-state index in [1.165, 1.54) is 0 Å². The maximum absolute atomic E-state index is 9.75. The third kappa shape index (κ3) is 81.8. The predicted octanol–water partition coefficient (Wildman–Crippen LogP) is 0.00300. The molecule has 0 bridgehead atoms. The zero-order valence-corrected chi connectivity index (χ0v) is 2.09. The standard InChI is InChI=1S/BF4.2Na.2H/c2-1(3,4)5;;;;/q-1;;;;. The van der Waals surface area contributed by atoms with Crippen LogP contribution in [0, 0.1) is 0 Å². The van der Waals surface area contributed by atoms with Crippen molar-refractivity contribution >= 4 is 66.4 Å². The molecule has 0 aromatic carbocycles. The normalized spacial score (nSPS) is 8.57. The van der Waals surface area contributed by atoms with Crippen LogP contribution in [-0.2, 0) is 0 Å². The summed E-state index contributed by atoms with van der Waals surface area (Å²) in [5.74, 6) is 0. The molecule has 0 aliphatic heterocycles. The van der Waals surface area contributed by atoms with Crippen molar-refractivity contribution in [1.82, 2.24) is 0 Å². The van der Waals surface area contributed by atoms with Crippen LogP contribution in [0.4, 0.5) is 17.3 Å². The molecular formula is H2BF4Na2-. The molecule has 0 nitrogen and oxygen atoms in total. The van der Waals surface area contributed by atoms with E-state index in [-0.39, 0.29) is 59.1 Å². The van der Waals surface area contributed by atoms with E-state index in [2.05, 4.69) is 0 Å². The summed E-state index contributed by atoms with van der Waals surface area (Å²) < 4.78 is 39.0. The zero-order valence-electron chi connectivity index (χ0n) is 2.09. The van der Waals surface area contributed by atoms with Crippen LogP contribution in [-0.4, -0.2) is 66.4 Å². The summed E-state index contributed by atoms with van der Waals surface area (Å²) in [5, 5.41) is 0. The SMILES string of the molecule is F[B-](F)(F)F.[NaH].[NaH]. The van der Waals surface area contributed by atoms with Crippen molar-refractivity contribution in [3.63, 3.8) is 0 Å². The summed E-state index contributed by atoms with van der Waals surface area (Å²) in [7, 11) is -6.00. The van der Waals surface area contributed by atoms with E-state index in [4.69, 9.17) is 0 Å². The van der Waals surface area contributed by atoms with E-state index >= 15 is 0 Å². The molecule has 0 spiro atoms. The van der Waals surface area contributed by atoms with E-state index in [1.54, 1.807) is 0 Å². The van der Waals surface area contributed by atoms with Gasteiger partial charge in [-0.05, 0) is 0 Å². The quantitative estimate of drug-likeness (QED) is 0.324. The van der Waals surface area contributed by atoms with Gasteiger partial charge in [-0.2, -0.15) is 0 Å². The van der Waals surface area contributed by atoms with E-state index in [0.29, 0.717) is 0 Å². The van der Waals surface area contributed by atoms with Gasteiger partial charge in [0.25, 0.3) is 0 Å². The molecular weight excluding hydrogens is 133 g/mol. The van der Waals surface area contributed by atoms with Crippen molar-refractivity contribution in [2.45, 2.75) is 0 Å². The van der Waals surface area contributed by atoms with Crippen molar-refractivity contribution in [3.05, 3.63) is 0 Å². The van der Waals surface area contributed by atoms with Gasteiger partial charge in [0.2, 0.25) is 0 Å². The van der Waals surface area contributed by atoms with E-state index in [9.17, 15) is 17.3 Å². The van der Waals surface area contributed by atoms with E-state index in [0.717, 1.165) is 0 Å². The van der Waals surface area contributed by atoms with Crippen LogP contribution in [0.1, 0.15) is 0 Å². The zero-order chi connectivity index (χ0) is 4.50. The molecule has 0 aliphatic rings. The Labute approximate surface area is 82.7 Å². The van der Waals surface area contributed by atoms with Gasteiger partial charge >= 0.3 is 66.4 Å². The third-order valence-corrected chi connectivity index (χ3v) is 0. The number of rotatable bonds is 0. The maximum atomic E-state index is 9.75. The van der Waals surface area contributed by atoms with Gasteiger partial charge in [-0.15, -0.1) is 0 Å². The Kier molecular flexibility index (Phi) is 13.4. The molecule has 7 heavy (non-hydrogen) atoms. The second-order valence-corrected chi connectivity index (χ2v) is 0.495. The van der Waals surface area contributed by atoms with Crippen LogP contribution >= 0.6 is 0 Å². The summed E-state index contributed by atoms with van der Waals surface area (Å²) in [6, 6.07) is 0. The van der Waals surface area contributed by atoms with Gasteiger partial charge in [-0.1, -0.05) is 0 Å². The van der Waals surface area contributed by atoms with E-state index in [1.807, 2.05) is 0 Å². The first-order valence-corrected chi connectivity index (χ1v) is 0.873. The van der Waals surface area contributed by atoms with Gasteiger partial charge in [0, 0.05) is 0 Å². The van der Waals surface area contributed by atoms with Gasteiger partial charge < -0.3 is 17.3 Å². The molecule has 0 N–H and O–H groups in total. The fourth-order valence-electron chi connectivity index (χ4n) is 0. The minimum absolute atomic E-state index is 0. The minimum atomic E-state index is -6.00. The molecule has 0 aromatic heterocycles. The average Bonchev–Trinajstić information content (AvgIpc) is 0.722. The van der Waals surface area contributed by atoms with Crippen LogP contribution in [0.3, 0.4) is 0 Å². The summed E-state index contributed by atoms with van der Waals surface area (Å²) in [5.41, 5.74) is 0. The van der Waals surface area contributed by atoms with Gasteiger partial charge in [0.1, 0.15) is 0 Å². The Hall–Kier alpha value is 1.78. The number of hydrogen-bond acceptors (Lipinski definition) is 0. The first kappa shape index (κ1) is 15.9. The molecule has 0 amide bonds. The van der Waals surface area contributed by atoms with Crippen LogP contribution in [0.15, 0.2) is 0 Å². The van der Waals surface area contributed by atoms with Crippen molar-refractivity contribution in [2.24, 2.45) is 0 Å². The molecule has 0 rings (SSSR count). The van der Waals surface area contributed by atoms with Crippen molar-refractivity contribution in [2.75, 3.05) is 0 Å². The van der Waals surface area contributed by atoms with Gasteiger partial charge in [0.05, 0.1) is 0 Å². The van der Waals surface area contributed by atoms with Crippen LogP contribution < -0.4 is 0 Å². The third-order valence-electron chi connectivity index (χ3n) is 0. The summed E-state index contributed by atoms with van der Waals surface area (Å²) in [6.45, 7) is 0. The molecule has 0 radical (unpaired) electrons. The first-order valence-electron chi connectivity index (χ1n) is 0.873. The van der Waals surface area contributed by atoms with Crippen LogP contribution in [0.2, 0.25) is 0 Å². The Morgan fingerprint density at radius 3 is 0.714 bits per heavy atom. The Morgan fingerprint density at radius 2 is 0.714 bits per heavy atom. The van der Waals surface area contributed by atoms with Gasteiger partial charge in [0.15, 0.2) is 0 Å². The molecule has 0 saturated carbocycles. The Morgan fingerprint density at radius 1 is 0.714 bits per heavy atom. The summed E-state index contributed by atoms with van der Waals surface area (Å²) >= 11 is 0. The average molecular weight is 135 g/mol. The van der Waals surface area contributed by atoms with Crippen molar-refractivity contribution in [3.8, 4) is 0 Å². The second kappa shape index (κ2) is 5.91. The van der Waals surface area contributed by atoms with Gasteiger partial charge in [-0.3, -0.25) is 0 Å². The molecule has 0 unspecified atom stereocenters. The van der Waals surface area contributed by atoms with Crippen molar-refractivity contribution < 1.29 is 17.3 Å². The Balaban J connectivity index is -0.0000000800. The summed E-state index contributed by atoms with van der Waals surface area (Å²) in [6.07, 6.45) is 0. The predicted molar refractivity (Wildman–Crippen MR) is 24.5 cm³/mol. The Bertz CT molecular complexity index is 25.2. The first-order chi connectivity index (χ1) is 2.00. The van der Waals surface area contributed by atoms with Crippen molar-refractivity contribution in [1.29, 1.82) is 0 Å². The molecule has 0 atom stereocenters. The molecule has 0 aromatic rings. The number of hydrogen-bond donors (Lipinski definition) is 0. The van der Waals surface area contributed by atoms with E-state index < -0.39 is 7.25 Å². The molecule has 36 valence electrons. The molecule has 7 heteroatoms. The molecule has 0 saturated heterocycles. The fourth-order valence-corrected chi connectivity index (χ4v) is 0. The second-order valence-electron chi connectivity index (χ2n) is 0.495. The van der Waals surface area contributed by atoms with Gasteiger partial charge in [-0.25, -0.2) is 0 Å². The number of halogens is 4. The van der Waals surface area contributed by atoms with Crippen LogP contribution in [0.5, 0.6) is 0 Å². The van der Waals surface area contributed by atoms with Crippen LogP contribution in [0.25, 0.3) is 0 Å². The topological polar surface area (TPSA) is 0 Å².